The number of hydrogen-bond donors (Lipinski definition) is 0. The predicted octanol–water partition coefficient (Wildman–Crippen LogP) is 4.71. The van der Waals surface area contributed by atoms with Gasteiger partial charge in [-0.15, -0.1) is 0 Å². The van der Waals surface area contributed by atoms with Crippen molar-refractivity contribution in [2.45, 2.75) is 67.7 Å². The maximum atomic E-state index is 4.35. The minimum absolute atomic E-state index is 1.02. The lowest BCUT2D eigenvalue weighted by Gasteiger charge is -1.93. The summed E-state index contributed by atoms with van der Waals surface area (Å²) in [7, 11) is 0. The highest BCUT2D eigenvalue weighted by Gasteiger charge is 1.83. The van der Waals surface area contributed by atoms with Crippen molar-refractivity contribution >= 4 is 5.71 Å². The summed E-state index contributed by atoms with van der Waals surface area (Å²) in [5.41, 5.74) is 1.28. The van der Waals surface area contributed by atoms with Gasteiger partial charge >= 0.3 is 0 Å². The summed E-state index contributed by atoms with van der Waals surface area (Å²) >= 11 is 0. The molecule has 0 aromatic rings. The molecule has 0 aliphatic rings. The minimum atomic E-state index is 1.02. The second-order valence-electron chi connectivity index (χ2n) is 2.32. The summed E-state index contributed by atoms with van der Waals surface area (Å²) in [5, 5.41) is 0. The van der Waals surface area contributed by atoms with E-state index in [9.17, 15) is 0 Å². The highest BCUT2D eigenvalue weighted by Crippen LogP contribution is 1.89. The van der Waals surface area contributed by atoms with Crippen LogP contribution in [0.5, 0.6) is 0 Å². The Hall–Kier alpha value is -0.330. The average molecular weight is 187 g/mol. The van der Waals surface area contributed by atoms with Gasteiger partial charge in [-0.2, -0.15) is 0 Å². The molecule has 0 amide bonds. The standard InChI is InChI=1S/C8H17N.2C2H6/c1-4-6-7-9-8(3)5-2;2*1-2/h4-7H2,1-3H3;2*1-2H3. The van der Waals surface area contributed by atoms with Gasteiger partial charge in [-0.1, -0.05) is 48.0 Å². The van der Waals surface area contributed by atoms with Crippen LogP contribution in [-0.2, 0) is 0 Å². The van der Waals surface area contributed by atoms with Gasteiger partial charge in [0, 0.05) is 12.3 Å². The number of hydrogen-bond acceptors (Lipinski definition) is 1. The van der Waals surface area contributed by atoms with Crippen LogP contribution in [0.15, 0.2) is 4.99 Å². The molecule has 0 atom stereocenters. The van der Waals surface area contributed by atoms with Gasteiger partial charge in [0.15, 0.2) is 0 Å². The Bertz CT molecular complexity index is 85.1. The van der Waals surface area contributed by atoms with E-state index >= 15 is 0 Å². The van der Waals surface area contributed by atoms with Crippen molar-refractivity contribution in [2.24, 2.45) is 4.99 Å². The quantitative estimate of drug-likeness (QED) is 0.446. The van der Waals surface area contributed by atoms with E-state index in [2.05, 4.69) is 25.8 Å². The van der Waals surface area contributed by atoms with E-state index < -0.39 is 0 Å². The first-order valence-electron chi connectivity index (χ1n) is 5.81. The predicted molar refractivity (Wildman–Crippen MR) is 65.9 cm³/mol. The van der Waals surface area contributed by atoms with Crippen molar-refractivity contribution < 1.29 is 0 Å². The van der Waals surface area contributed by atoms with E-state index in [0.717, 1.165) is 13.0 Å². The van der Waals surface area contributed by atoms with Gasteiger partial charge in [0.2, 0.25) is 0 Å². The lowest BCUT2D eigenvalue weighted by molar-refractivity contribution is 0.805. The fourth-order valence-electron chi connectivity index (χ4n) is 0.540. The maximum Gasteiger partial charge on any atom is 0.0388 e. The first kappa shape index (κ1) is 18.5. The van der Waals surface area contributed by atoms with Gasteiger partial charge in [0.1, 0.15) is 0 Å². The van der Waals surface area contributed by atoms with E-state index in [4.69, 9.17) is 0 Å². The molecule has 0 bridgehead atoms. The monoisotopic (exact) mass is 187 g/mol. The SMILES string of the molecule is CC.CC.CCCCN=C(C)CC. The Morgan fingerprint density at radius 2 is 1.46 bits per heavy atom. The van der Waals surface area contributed by atoms with Crippen molar-refractivity contribution in [1.29, 1.82) is 0 Å². The fourth-order valence-corrected chi connectivity index (χ4v) is 0.540. The van der Waals surface area contributed by atoms with Crippen molar-refractivity contribution in [3.05, 3.63) is 0 Å². The molecule has 0 aliphatic carbocycles. The van der Waals surface area contributed by atoms with E-state index in [1.807, 2.05) is 27.7 Å². The molecule has 0 unspecified atom stereocenters. The van der Waals surface area contributed by atoms with Crippen LogP contribution in [0.4, 0.5) is 0 Å². The fraction of sp³-hybridized carbons (Fsp3) is 0.917. The number of aliphatic imine (C=N–C) groups is 1. The van der Waals surface area contributed by atoms with Crippen LogP contribution in [0.3, 0.4) is 0 Å². The molecule has 0 spiro atoms. The Kier molecular flexibility index (Phi) is 32.1. The van der Waals surface area contributed by atoms with Gasteiger partial charge in [-0.3, -0.25) is 4.99 Å². The summed E-state index contributed by atoms with van der Waals surface area (Å²) in [6.45, 7) is 15.5. The summed E-state index contributed by atoms with van der Waals surface area (Å²) in [4.78, 5) is 4.35. The molecule has 1 nitrogen and oxygen atoms in total. The average Bonchev–Trinajstić information content (AvgIpc) is 2.24. The Morgan fingerprint density at radius 3 is 1.77 bits per heavy atom. The summed E-state index contributed by atoms with van der Waals surface area (Å²) < 4.78 is 0. The first-order valence-corrected chi connectivity index (χ1v) is 5.81. The second-order valence-corrected chi connectivity index (χ2v) is 2.32. The zero-order valence-corrected chi connectivity index (χ0v) is 10.8. The van der Waals surface area contributed by atoms with Gasteiger partial charge in [-0.05, 0) is 19.8 Å². The number of nitrogens with zero attached hydrogens (tertiary/aromatic N) is 1. The largest absolute Gasteiger partial charge is 0.294 e. The van der Waals surface area contributed by atoms with E-state index in [1.54, 1.807) is 0 Å². The molecule has 0 fully saturated rings. The molecule has 0 saturated carbocycles. The van der Waals surface area contributed by atoms with Gasteiger partial charge < -0.3 is 0 Å². The molecule has 0 N–H and O–H groups in total. The van der Waals surface area contributed by atoms with Crippen molar-refractivity contribution in [1.82, 2.24) is 0 Å². The molecule has 82 valence electrons. The van der Waals surface area contributed by atoms with Gasteiger partial charge in [-0.25, -0.2) is 0 Å². The summed E-state index contributed by atoms with van der Waals surface area (Å²) in [6, 6.07) is 0. The van der Waals surface area contributed by atoms with Crippen LogP contribution >= 0.6 is 0 Å². The van der Waals surface area contributed by atoms with Crippen LogP contribution in [0.2, 0.25) is 0 Å². The second kappa shape index (κ2) is 22.6. The molecular formula is C12H29N. The lowest BCUT2D eigenvalue weighted by atomic mass is 10.3. The zero-order valence-electron chi connectivity index (χ0n) is 10.8. The topological polar surface area (TPSA) is 12.4 Å². The van der Waals surface area contributed by atoms with Crippen LogP contribution in [-0.4, -0.2) is 12.3 Å². The molecular weight excluding hydrogens is 158 g/mol. The van der Waals surface area contributed by atoms with E-state index in [-0.39, 0.29) is 0 Å². The van der Waals surface area contributed by atoms with E-state index in [0.29, 0.717) is 0 Å². The molecule has 0 aliphatic heterocycles. The van der Waals surface area contributed by atoms with E-state index in [1.165, 1.54) is 18.6 Å². The lowest BCUT2D eigenvalue weighted by Crippen LogP contribution is -1.89. The highest BCUT2D eigenvalue weighted by atomic mass is 14.7. The molecule has 0 aromatic carbocycles. The smallest absolute Gasteiger partial charge is 0.0388 e. The van der Waals surface area contributed by atoms with Gasteiger partial charge in [0.25, 0.3) is 0 Å². The third-order valence-corrected chi connectivity index (χ3v) is 1.41. The third kappa shape index (κ3) is 24.5. The minimum Gasteiger partial charge on any atom is -0.294 e. The Labute approximate surface area is 85.7 Å². The molecule has 0 radical (unpaired) electrons. The van der Waals surface area contributed by atoms with Crippen molar-refractivity contribution in [2.75, 3.05) is 6.54 Å². The maximum absolute atomic E-state index is 4.35. The van der Waals surface area contributed by atoms with Crippen LogP contribution in [0, 0.1) is 0 Å². The van der Waals surface area contributed by atoms with Gasteiger partial charge in [0.05, 0.1) is 0 Å². The Morgan fingerprint density at radius 1 is 1.00 bits per heavy atom. The molecule has 0 heterocycles. The summed E-state index contributed by atoms with van der Waals surface area (Å²) in [5.74, 6) is 0. The third-order valence-electron chi connectivity index (χ3n) is 1.41. The normalized spacial score (nSPS) is 9.31. The van der Waals surface area contributed by atoms with Crippen LogP contribution in [0.1, 0.15) is 67.7 Å². The molecule has 0 aromatic heterocycles. The molecule has 0 saturated heterocycles. The molecule has 1 heteroatoms. The van der Waals surface area contributed by atoms with Crippen molar-refractivity contribution in [3.63, 3.8) is 0 Å². The van der Waals surface area contributed by atoms with Crippen LogP contribution in [0.25, 0.3) is 0 Å². The Balaban J connectivity index is -0.000000218. The first-order chi connectivity index (χ1) is 6.31. The number of unbranched alkanes of at least 4 members (excludes halogenated alkanes) is 1. The molecule has 13 heavy (non-hydrogen) atoms. The van der Waals surface area contributed by atoms with Crippen molar-refractivity contribution in [3.8, 4) is 0 Å². The van der Waals surface area contributed by atoms with Crippen LogP contribution < -0.4 is 0 Å². The molecule has 0 rings (SSSR count). The highest BCUT2D eigenvalue weighted by molar-refractivity contribution is 5.81. The zero-order chi connectivity index (χ0) is 11.1. The summed E-state index contributed by atoms with van der Waals surface area (Å²) in [6.07, 6.45) is 3.58. The number of rotatable bonds is 4.